The molecule has 1 aromatic heterocycles. The van der Waals surface area contributed by atoms with Crippen LogP contribution in [-0.4, -0.2) is 30.7 Å². The average molecular weight is 259 g/mol. The molecule has 1 rings (SSSR count). The number of unbranched alkanes of at least 4 members (excludes halogenated alkanes) is 1. The maximum absolute atomic E-state index is 11.5. The van der Waals surface area contributed by atoms with Gasteiger partial charge in [-0.05, 0) is 18.6 Å². The van der Waals surface area contributed by atoms with Crippen molar-refractivity contribution >= 4 is 21.6 Å². The molecule has 0 radical (unpaired) electrons. The molecule has 0 N–H and O–H groups in total. The standard InChI is InChI=1S/C11H17NO2S2/c1-2-3-9-16(13,14)10-8-15-11-6-4-5-7-12-11/h4-7H,2-3,8-10H2,1H3. The number of nitrogens with zero attached hydrogens (tertiary/aromatic N) is 1. The number of aromatic nitrogens is 1. The maximum Gasteiger partial charge on any atom is 0.151 e. The molecular weight excluding hydrogens is 242 g/mol. The first-order valence-corrected chi connectivity index (χ1v) is 8.19. The van der Waals surface area contributed by atoms with Crippen LogP contribution in [-0.2, 0) is 9.84 Å². The zero-order valence-electron chi connectivity index (χ0n) is 9.43. The van der Waals surface area contributed by atoms with E-state index in [1.807, 2.05) is 25.1 Å². The molecule has 0 saturated heterocycles. The van der Waals surface area contributed by atoms with E-state index in [4.69, 9.17) is 0 Å². The fraction of sp³-hybridized carbons (Fsp3) is 0.545. The quantitative estimate of drug-likeness (QED) is 0.705. The van der Waals surface area contributed by atoms with Crippen molar-refractivity contribution in [1.29, 1.82) is 0 Å². The van der Waals surface area contributed by atoms with Gasteiger partial charge in [0.2, 0.25) is 0 Å². The minimum Gasteiger partial charge on any atom is -0.250 e. The van der Waals surface area contributed by atoms with Crippen LogP contribution in [0.25, 0.3) is 0 Å². The molecule has 0 fully saturated rings. The van der Waals surface area contributed by atoms with Crippen molar-refractivity contribution in [1.82, 2.24) is 4.98 Å². The van der Waals surface area contributed by atoms with E-state index >= 15 is 0 Å². The lowest BCUT2D eigenvalue weighted by atomic mass is 10.4. The monoisotopic (exact) mass is 259 g/mol. The number of hydrogen-bond donors (Lipinski definition) is 0. The van der Waals surface area contributed by atoms with Gasteiger partial charge in [0.15, 0.2) is 9.84 Å². The zero-order chi connectivity index (χ0) is 11.9. The van der Waals surface area contributed by atoms with Gasteiger partial charge in [-0.2, -0.15) is 0 Å². The lowest BCUT2D eigenvalue weighted by molar-refractivity contribution is 0.594. The SMILES string of the molecule is CCCCS(=O)(=O)CCSc1ccccn1. The van der Waals surface area contributed by atoms with Gasteiger partial charge < -0.3 is 0 Å². The Balaban J connectivity index is 2.30. The second-order valence-electron chi connectivity index (χ2n) is 3.52. The van der Waals surface area contributed by atoms with Gasteiger partial charge in [0.05, 0.1) is 16.5 Å². The largest absolute Gasteiger partial charge is 0.250 e. The van der Waals surface area contributed by atoms with Gasteiger partial charge in [0.25, 0.3) is 0 Å². The molecule has 0 aliphatic carbocycles. The summed E-state index contributed by atoms with van der Waals surface area (Å²) in [6.07, 6.45) is 3.40. The van der Waals surface area contributed by atoms with Crippen molar-refractivity contribution in [2.75, 3.05) is 17.3 Å². The van der Waals surface area contributed by atoms with Crippen molar-refractivity contribution in [2.24, 2.45) is 0 Å². The molecule has 0 saturated carbocycles. The number of thioether (sulfide) groups is 1. The maximum atomic E-state index is 11.5. The van der Waals surface area contributed by atoms with Gasteiger partial charge in [-0.25, -0.2) is 13.4 Å². The summed E-state index contributed by atoms with van der Waals surface area (Å²) in [5.74, 6) is 1.14. The lowest BCUT2D eigenvalue weighted by Crippen LogP contribution is -2.12. The van der Waals surface area contributed by atoms with E-state index in [-0.39, 0.29) is 5.75 Å². The number of hydrogen-bond acceptors (Lipinski definition) is 4. The smallest absolute Gasteiger partial charge is 0.151 e. The van der Waals surface area contributed by atoms with Crippen molar-refractivity contribution in [3.63, 3.8) is 0 Å². The first kappa shape index (κ1) is 13.5. The van der Waals surface area contributed by atoms with Crippen LogP contribution in [0.1, 0.15) is 19.8 Å². The fourth-order valence-corrected chi connectivity index (χ4v) is 3.97. The van der Waals surface area contributed by atoms with Gasteiger partial charge >= 0.3 is 0 Å². The molecule has 5 heteroatoms. The summed E-state index contributed by atoms with van der Waals surface area (Å²) in [4.78, 5) is 4.13. The van der Waals surface area contributed by atoms with E-state index in [9.17, 15) is 8.42 Å². The van der Waals surface area contributed by atoms with Crippen LogP contribution in [0.4, 0.5) is 0 Å². The first-order chi connectivity index (χ1) is 7.64. The van der Waals surface area contributed by atoms with Gasteiger partial charge in [0.1, 0.15) is 0 Å². The highest BCUT2D eigenvalue weighted by molar-refractivity contribution is 8.00. The Morgan fingerprint density at radius 1 is 1.31 bits per heavy atom. The summed E-state index contributed by atoms with van der Waals surface area (Å²) in [6, 6.07) is 5.65. The van der Waals surface area contributed by atoms with Crippen LogP contribution < -0.4 is 0 Å². The van der Waals surface area contributed by atoms with Crippen LogP contribution in [0.15, 0.2) is 29.4 Å². The third-order valence-corrected chi connectivity index (χ3v) is 5.03. The van der Waals surface area contributed by atoms with Crippen LogP contribution in [0, 0.1) is 0 Å². The van der Waals surface area contributed by atoms with Gasteiger partial charge in [0, 0.05) is 11.9 Å². The minimum absolute atomic E-state index is 0.244. The number of sulfone groups is 1. The molecule has 0 atom stereocenters. The Labute approximate surface area is 102 Å². The molecular formula is C11H17NO2S2. The molecule has 0 unspecified atom stereocenters. The first-order valence-electron chi connectivity index (χ1n) is 5.38. The molecule has 0 bridgehead atoms. The Bertz CT molecular complexity index is 390. The van der Waals surface area contributed by atoms with Crippen LogP contribution >= 0.6 is 11.8 Å². The highest BCUT2D eigenvalue weighted by Crippen LogP contribution is 2.14. The van der Waals surface area contributed by atoms with E-state index in [1.54, 1.807) is 6.20 Å². The number of pyridine rings is 1. The predicted molar refractivity (Wildman–Crippen MR) is 68.5 cm³/mol. The fourth-order valence-electron chi connectivity index (χ4n) is 1.17. The van der Waals surface area contributed by atoms with Crippen LogP contribution in [0.3, 0.4) is 0 Å². The Morgan fingerprint density at radius 3 is 2.75 bits per heavy atom. The summed E-state index contributed by atoms with van der Waals surface area (Å²) in [7, 11) is -2.86. The minimum atomic E-state index is -2.86. The van der Waals surface area contributed by atoms with Crippen molar-refractivity contribution in [3.05, 3.63) is 24.4 Å². The van der Waals surface area contributed by atoms with Crippen LogP contribution in [0.2, 0.25) is 0 Å². The summed E-state index contributed by atoms with van der Waals surface area (Å²) in [5, 5.41) is 0.883. The van der Waals surface area contributed by atoms with E-state index in [1.165, 1.54) is 11.8 Å². The Hall–Kier alpha value is -0.550. The second kappa shape index (κ2) is 6.91. The third kappa shape index (κ3) is 5.51. The third-order valence-electron chi connectivity index (χ3n) is 2.09. The topological polar surface area (TPSA) is 47.0 Å². The molecule has 1 heterocycles. The molecule has 1 aromatic rings. The molecule has 0 aliphatic heterocycles. The summed E-state index contributed by atoms with van der Waals surface area (Å²) < 4.78 is 23.1. The van der Waals surface area contributed by atoms with Gasteiger partial charge in [-0.15, -0.1) is 11.8 Å². The highest BCUT2D eigenvalue weighted by Gasteiger charge is 2.09. The molecule has 3 nitrogen and oxygen atoms in total. The number of rotatable bonds is 7. The van der Waals surface area contributed by atoms with Crippen molar-refractivity contribution in [2.45, 2.75) is 24.8 Å². The van der Waals surface area contributed by atoms with Crippen molar-refractivity contribution in [3.8, 4) is 0 Å². The summed E-state index contributed by atoms with van der Waals surface area (Å²) in [5.41, 5.74) is 0. The molecule has 0 aromatic carbocycles. The highest BCUT2D eigenvalue weighted by atomic mass is 32.2. The van der Waals surface area contributed by atoms with E-state index in [0.29, 0.717) is 11.5 Å². The zero-order valence-corrected chi connectivity index (χ0v) is 11.1. The second-order valence-corrected chi connectivity index (χ2v) is 6.94. The van der Waals surface area contributed by atoms with E-state index in [0.717, 1.165) is 17.9 Å². The Kier molecular flexibility index (Phi) is 5.84. The van der Waals surface area contributed by atoms with E-state index < -0.39 is 9.84 Å². The average Bonchev–Trinajstić information content (AvgIpc) is 2.28. The van der Waals surface area contributed by atoms with Gasteiger partial charge in [-0.3, -0.25) is 0 Å². The van der Waals surface area contributed by atoms with Gasteiger partial charge in [-0.1, -0.05) is 19.4 Å². The normalized spacial score (nSPS) is 11.6. The summed E-state index contributed by atoms with van der Waals surface area (Å²) >= 11 is 1.49. The molecule has 0 amide bonds. The molecule has 90 valence electrons. The predicted octanol–water partition coefficient (Wildman–Crippen LogP) is 2.39. The lowest BCUT2D eigenvalue weighted by Gasteiger charge is -2.02. The van der Waals surface area contributed by atoms with Crippen LogP contribution in [0.5, 0.6) is 0 Å². The molecule has 16 heavy (non-hydrogen) atoms. The molecule has 0 spiro atoms. The summed E-state index contributed by atoms with van der Waals surface area (Å²) in [6.45, 7) is 2.00. The Morgan fingerprint density at radius 2 is 2.12 bits per heavy atom. The van der Waals surface area contributed by atoms with Crippen molar-refractivity contribution < 1.29 is 8.42 Å². The van der Waals surface area contributed by atoms with E-state index in [2.05, 4.69) is 4.98 Å². The molecule has 0 aliphatic rings.